The topological polar surface area (TPSA) is 55.8 Å². The highest BCUT2D eigenvalue weighted by molar-refractivity contribution is 6.99. The Hall–Kier alpha value is -4.26. The Morgan fingerprint density at radius 3 is 1.89 bits per heavy atom. The van der Waals surface area contributed by atoms with Crippen LogP contribution in [0.25, 0.3) is 0 Å². The minimum Gasteiger partial charge on any atom is -0.461 e. The number of hydrogen-bond acceptors (Lipinski definition) is 4. The lowest BCUT2D eigenvalue weighted by atomic mass is 9.99. The molecule has 0 bridgehead atoms. The van der Waals surface area contributed by atoms with Crippen LogP contribution in [0.2, 0.25) is 5.04 Å². The monoisotopic (exact) mass is 617 g/mol. The summed E-state index contributed by atoms with van der Waals surface area (Å²) in [5.41, 5.74) is 2.88. The fourth-order valence-electron chi connectivity index (χ4n) is 6.30. The van der Waals surface area contributed by atoms with Crippen molar-refractivity contribution in [2.75, 3.05) is 18.1 Å². The molecule has 1 atom stereocenters. The van der Waals surface area contributed by atoms with Crippen molar-refractivity contribution in [1.29, 1.82) is 0 Å². The molecule has 5 rings (SSSR count). The molecule has 0 saturated carbocycles. The molecule has 4 aromatic rings. The van der Waals surface area contributed by atoms with E-state index in [4.69, 9.17) is 9.16 Å². The fourth-order valence-corrected chi connectivity index (χ4v) is 10.9. The van der Waals surface area contributed by atoms with Gasteiger partial charge < -0.3 is 14.1 Å². The number of hydrogen-bond donors (Lipinski definition) is 0. The Morgan fingerprint density at radius 1 is 0.800 bits per heavy atom. The van der Waals surface area contributed by atoms with Crippen molar-refractivity contribution < 1.29 is 18.8 Å². The number of rotatable bonds is 11. The highest BCUT2D eigenvalue weighted by Crippen LogP contribution is 2.37. The zero-order valence-electron chi connectivity index (χ0n) is 26.5. The van der Waals surface area contributed by atoms with Crippen LogP contribution >= 0.6 is 0 Å². The Morgan fingerprint density at radius 2 is 1.33 bits per heavy atom. The quantitative estimate of drug-likeness (QED) is 0.103. The molecule has 1 unspecified atom stereocenters. The number of amides is 1. The smallest absolute Gasteiger partial charge is 0.307 e. The van der Waals surface area contributed by atoms with E-state index < -0.39 is 14.2 Å². The summed E-state index contributed by atoms with van der Waals surface area (Å²) in [6.07, 6.45) is 3.38. The van der Waals surface area contributed by atoms with Gasteiger partial charge in [0.1, 0.15) is 6.61 Å². The summed E-state index contributed by atoms with van der Waals surface area (Å²) in [6.45, 7) is 8.08. The van der Waals surface area contributed by atoms with Gasteiger partial charge in [0.05, 0.1) is 12.3 Å². The number of ether oxygens (including phenoxy) is 1. The van der Waals surface area contributed by atoms with E-state index in [1.165, 1.54) is 10.4 Å². The third-order valence-electron chi connectivity index (χ3n) is 8.53. The molecule has 1 heterocycles. The second-order valence-electron chi connectivity index (χ2n) is 12.6. The van der Waals surface area contributed by atoms with Gasteiger partial charge in [-0.25, -0.2) is 0 Å². The van der Waals surface area contributed by atoms with Gasteiger partial charge in [0.25, 0.3) is 8.32 Å². The Kier molecular flexibility index (Phi) is 10.5. The van der Waals surface area contributed by atoms with E-state index in [1.54, 1.807) is 0 Å². The number of benzene rings is 4. The summed E-state index contributed by atoms with van der Waals surface area (Å²) >= 11 is 0. The van der Waals surface area contributed by atoms with E-state index in [9.17, 15) is 9.59 Å². The molecule has 1 aliphatic rings. The molecular formula is C39H43NO4Si. The van der Waals surface area contributed by atoms with Gasteiger partial charge in [-0.15, -0.1) is 0 Å². The molecule has 5 nitrogen and oxygen atoms in total. The molecule has 0 spiro atoms. The van der Waals surface area contributed by atoms with Gasteiger partial charge >= 0.3 is 5.97 Å². The van der Waals surface area contributed by atoms with Crippen LogP contribution in [0.3, 0.4) is 0 Å². The van der Waals surface area contributed by atoms with Crippen LogP contribution in [-0.4, -0.2) is 33.3 Å². The average Bonchev–Trinajstić information content (AvgIpc) is 3.21. The molecule has 4 aromatic carbocycles. The highest BCUT2D eigenvalue weighted by Gasteiger charge is 2.50. The summed E-state index contributed by atoms with van der Waals surface area (Å²) in [7, 11) is -2.69. The van der Waals surface area contributed by atoms with Crippen molar-refractivity contribution in [3.8, 4) is 0 Å². The maximum atomic E-state index is 13.9. The second-order valence-corrected chi connectivity index (χ2v) is 16.9. The number of anilines is 1. The summed E-state index contributed by atoms with van der Waals surface area (Å²) in [5, 5.41) is 2.35. The minimum atomic E-state index is -2.69. The van der Waals surface area contributed by atoms with Gasteiger partial charge in [-0.05, 0) is 45.9 Å². The van der Waals surface area contributed by atoms with E-state index in [0.717, 1.165) is 16.8 Å². The van der Waals surface area contributed by atoms with E-state index >= 15 is 0 Å². The van der Waals surface area contributed by atoms with Gasteiger partial charge in [0.15, 0.2) is 0 Å². The maximum absolute atomic E-state index is 13.9. The van der Waals surface area contributed by atoms with Crippen LogP contribution in [0, 0.1) is 5.92 Å². The van der Waals surface area contributed by atoms with Crippen molar-refractivity contribution in [2.24, 2.45) is 5.92 Å². The van der Waals surface area contributed by atoms with E-state index in [2.05, 4.69) is 69.3 Å². The standard InChI is InChI=1S/C39H43NO4Si/c1-39(2,3)45(35-20-12-6-13-21-35,36-22-14-7-15-23-36)44-27-25-31-24-26-40(34-18-10-5-11-19-34)38(42)33(28-31)29-37(41)43-30-32-16-8-4-9-17-32/h4-23,28,33H,24-27,29-30H2,1-3H3. The number of carbonyl (C=O) groups is 2. The number of esters is 1. The predicted octanol–water partition coefficient (Wildman–Crippen LogP) is 7.07. The first-order valence-electron chi connectivity index (χ1n) is 15.8. The molecule has 0 N–H and O–H groups in total. The first-order valence-corrected chi connectivity index (χ1v) is 17.7. The lowest BCUT2D eigenvalue weighted by Gasteiger charge is -2.43. The molecule has 0 saturated heterocycles. The first kappa shape index (κ1) is 32.1. The van der Waals surface area contributed by atoms with Gasteiger partial charge in [0, 0.05) is 18.8 Å². The van der Waals surface area contributed by atoms with E-state index in [0.29, 0.717) is 26.0 Å². The van der Waals surface area contributed by atoms with Crippen LogP contribution in [-0.2, 0) is 25.4 Å². The van der Waals surface area contributed by atoms with E-state index in [1.807, 2.05) is 83.8 Å². The average molecular weight is 618 g/mol. The summed E-state index contributed by atoms with van der Waals surface area (Å²) < 4.78 is 12.8. The Labute approximate surface area is 268 Å². The zero-order valence-corrected chi connectivity index (χ0v) is 27.5. The Balaban J connectivity index is 1.38. The minimum absolute atomic E-state index is 0.00589. The van der Waals surface area contributed by atoms with Crippen molar-refractivity contribution in [3.05, 3.63) is 139 Å². The van der Waals surface area contributed by atoms with Crippen molar-refractivity contribution in [2.45, 2.75) is 51.7 Å². The predicted molar refractivity (Wildman–Crippen MR) is 184 cm³/mol. The SMILES string of the molecule is CC(C)(C)[Si](OCCC1=CC(CC(=O)OCc2ccccc2)C(=O)N(c2ccccc2)CC1)(c1ccccc1)c1ccccc1. The highest BCUT2D eigenvalue weighted by atomic mass is 28.4. The zero-order chi connectivity index (χ0) is 31.7. The normalized spacial score (nSPS) is 15.7. The maximum Gasteiger partial charge on any atom is 0.307 e. The van der Waals surface area contributed by atoms with Crippen LogP contribution in [0.5, 0.6) is 0 Å². The third kappa shape index (κ3) is 7.70. The molecule has 0 fully saturated rings. The summed E-state index contributed by atoms with van der Waals surface area (Å²) in [6, 6.07) is 40.6. The third-order valence-corrected chi connectivity index (χ3v) is 13.6. The number of para-hydroxylation sites is 1. The van der Waals surface area contributed by atoms with Crippen molar-refractivity contribution in [1.82, 2.24) is 0 Å². The van der Waals surface area contributed by atoms with Crippen LogP contribution < -0.4 is 15.3 Å². The lowest BCUT2D eigenvalue weighted by molar-refractivity contribution is -0.147. The molecular weight excluding hydrogens is 575 g/mol. The van der Waals surface area contributed by atoms with Gasteiger partial charge in [-0.1, -0.05) is 142 Å². The first-order chi connectivity index (χ1) is 21.8. The molecule has 6 heteroatoms. The van der Waals surface area contributed by atoms with Crippen LogP contribution in [0.1, 0.15) is 45.6 Å². The lowest BCUT2D eigenvalue weighted by Crippen LogP contribution is -2.66. The number of nitrogens with zero attached hydrogens (tertiary/aromatic N) is 1. The second kappa shape index (κ2) is 14.7. The molecule has 1 aliphatic heterocycles. The fraction of sp³-hybridized carbons (Fsp3) is 0.282. The van der Waals surface area contributed by atoms with Crippen LogP contribution in [0.15, 0.2) is 133 Å². The van der Waals surface area contributed by atoms with Crippen molar-refractivity contribution >= 4 is 36.3 Å². The molecule has 45 heavy (non-hydrogen) atoms. The summed E-state index contributed by atoms with van der Waals surface area (Å²) in [4.78, 5) is 28.7. The van der Waals surface area contributed by atoms with E-state index in [-0.39, 0.29) is 29.9 Å². The van der Waals surface area contributed by atoms with Crippen molar-refractivity contribution in [3.63, 3.8) is 0 Å². The molecule has 1 amide bonds. The van der Waals surface area contributed by atoms with Gasteiger partial charge in [-0.3, -0.25) is 9.59 Å². The Bertz CT molecular complexity index is 1530. The number of carbonyl (C=O) groups excluding carboxylic acids is 2. The van der Waals surface area contributed by atoms with Gasteiger partial charge in [0.2, 0.25) is 5.91 Å². The largest absolute Gasteiger partial charge is 0.461 e. The van der Waals surface area contributed by atoms with Gasteiger partial charge in [-0.2, -0.15) is 0 Å². The molecule has 0 radical (unpaired) electrons. The summed E-state index contributed by atoms with van der Waals surface area (Å²) in [5.74, 6) is -1.08. The molecule has 0 aliphatic carbocycles. The van der Waals surface area contributed by atoms with Crippen LogP contribution in [0.4, 0.5) is 5.69 Å². The molecule has 0 aromatic heterocycles. The molecule has 232 valence electrons.